The molecule has 0 bridgehead atoms. The topological polar surface area (TPSA) is 107 Å². The number of halogens is 2. The highest BCUT2D eigenvalue weighted by Crippen LogP contribution is 2.48. The van der Waals surface area contributed by atoms with Crippen LogP contribution in [0.25, 0.3) is 22.1 Å². The average molecular weight is 549 g/mol. The fourth-order valence-corrected chi connectivity index (χ4v) is 5.92. The highest BCUT2D eigenvalue weighted by Gasteiger charge is 2.59. The van der Waals surface area contributed by atoms with Gasteiger partial charge in [0.1, 0.15) is 11.0 Å². The van der Waals surface area contributed by atoms with Crippen LogP contribution >= 0.6 is 11.3 Å². The smallest absolute Gasteiger partial charge is 0.265 e. The van der Waals surface area contributed by atoms with E-state index < -0.39 is 17.2 Å². The number of amides is 1. The standard InChI is InChI=1S/C28H26F2N6O2S/c1-14-24(39-26(34-14)25-32-7-4-8-33-25)27(37)36-12-17-18(13-36)23(17)38-22-11-16(28(2,3)31)10-21(35-22)15-5-6-19(29)20(30)9-15/h4-11,17-18,23H,12-13,31H2,1-3H3. The van der Waals surface area contributed by atoms with E-state index in [0.29, 0.717) is 51.6 Å². The number of hydrogen-bond acceptors (Lipinski definition) is 8. The number of fused-ring (bicyclic) bond motifs is 1. The summed E-state index contributed by atoms with van der Waals surface area (Å²) in [5.41, 5.74) is 7.94. The molecular formula is C28H26F2N6O2S. The lowest BCUT2D eigenvalue weighted by atomic mass is 9.95. The molecule has 0 spiro atoms. The zero-order valence-corrected chi connectivity index (χ0v) is 22.4. The van der Waals surface area contributed by atoms with Crippen molar-refractivity contribution in [1.29, 1.82) is 0 Å². The van der Waals surface area contributed by atoms with Crippen molar-refractivity contribution >= 4 is 17.2 Å². The number of hydrogen-bond donors (Lipinski definition) is 1. The second kappa shape index (κ2) is 9.42. The highest BCUT2D eigenvalue weighted by atomic mass is 32.1. The van der Waals surface area contributed by atoms with Crippen molar-refractivity contribution in [2.24, 2.45) is 17.6 Å². The SMILES string of the molecule is Cc1nc(-c2ncccn2)sc1C(=O)N1CC2C(C1)C2Oc1cc(C(C)(C)N)cc(-c2ccc(F)c(F)c2)n1. The van der Waals surface area contributed by atoms with Gasteiger partial charge in [0.2, 0.25) is 5.88 Å². The van der Waals surface area contributed by atoms with Gasteiger partial charge in [-0.05, 0) is 56.7 Å². The molecule has 6 rings (SSSR count). The summed E-state index contributed by atoms with van der Waals surface area (Å²) in [7, 11) is 0. The van der Waals surface area contributed by atoms with Crippen LogP contribution in [0.15, 0.2) is 48.8 Å². The summed E-state index contributed by atoms with van der Waals surface area (Å²) < 4.78 is 33.7. The number of likely N-dealkylation sites (tertiary alicyclic amines) is 1. The second-order valence-corrected chi connectivity index (χ2v) is 11.6. The molecule has 1 aliphatic carbocycles. The summed E-state index contributed by atoms with van der Waals surface area (Å²) in [5.74, 6) is -0.689. The normalized spacial score (nSPS) is 20.2. The molecule has 2 atom stereocenters. The number of rotatable bonds is 6. The second-order valence-electron chi connectivity index (χ2n) is 10.6. The lowest BCUT2D eigenvalue weighted by molar-refractivity contribution is 0.0755. The third-order valence-corrected chi connectivity index (χ3v) is 8.31. The fourth-order valence-electron chi connectivity index (χ4n) is 4.94. The van der Waals surface area contributed by atoms with Gasteiger partial charge in [0.25, 0.3) is 5.91 Å². The Labute approximate surface area is 227 Å². The molecule has 3 aromatic heterocycles. The van der Waals surface area contributed by atoms with E-state index in [4.69, 9.17) is 10.5 Å². The van der Waals surface area contributed by atoms with Crippen LogP contribution in [0.5, 0.6) is 5.88 Å². The Morgan fingerprint density at radius 2 is 1.79 bits per heavy atom. The molecule has 0 radical (unpaired) electrons. The van der Waals surface area contributed by atoms with Gasteiger partial charge >= 0.3 is 0 Å². The lowest BCUT2D eigenvalue weighted by Gasteiger charge is -2.22. The number of benzene rings is 1. The van der Waals surface area contributed by atoms with E-state index in [0.717, 1.165) is 17.7 Å². The molecule has 1 amide bonds. The van der Waals surface area contributed by atoms with Crippen molar-refractivity contribution in [2.45, 2.75) is 32.4 Å². The van der Waals surface area contributed by atoms with Gasteiger partial charge in [-0.15, -0.1) is 11.3 Å². The number of nitrogens with zero attached hydrogens (tertiary/aromatic N) is 5. The number of nitrogens with two attached hydrogens (primary N) is 1. The van der Waals surface area contributed by atoms with E-state index in [9.17, 15) is 13.6 Å². The molecule has 2 fully saturated rings. The van der Waals surface area contributed by atoms with Crippen molar-refractivity contribution in [3.8, 4) is 28.0 Å². The summed E-state index contributed by atoms with van der Waals surface area (Å²) in [4.78, 5) is 33.3. The van der Waals surface area contributed by atoms with Crippen LogP contribution in [0, 0.1) is 30.4 Å². The minimum atomic E-state index is -0.949. The van der Waals surface area contributed by atoms with Gasteiger partial charge in [0.05, 0.1) is 11.4 Å². The molecule has 8 nitrogen and oxygen atoms in total. The molecule has 4 heterocycles. The molecule has 200 valence electrons. The van der Waals surface area contributed by atoms with Crippen LogP contribution in [0.2, 0.25) is 0 Å². The van der Waals surface area contributed by atoms with E-state index in [1.54, 1.807) is 30.6 Å². The molecule has 2 aliphatic rings. The number of aryl methyl sites for hydroxylation is 1. The molecule has 1 aromatic carbocycles. The third kappa shape index (κ3) is 4.87. The predicted octanol–water partition coefficient (Wildman–Crippen LogP) is 4.59. The van der Waals surface area contributed by atoms with Crippen molar-refractivity contribution in [3.63, 3.8) is 0 Å². The van der Waals surface area contributed by atoms with E-state index in [2.05, 4.69) is 19.9 Å². The van der Waals surface area contributed by atoms with Gasteiger partial charge < -0.3 is 15.4 Å². The van der Waals surface area contributed by atoms with E-state index in [-0.39, 0.29) is 23.8 Å². The van der Waals surface area contributed by atoms with Crippen molar-refractivity contribution in [2.75, 3.05) is 13.1 Å². The van der Waals surface area contributed by atoms with Crippen molar-refractivity contribution in [1.82, 2.24) is 24.8 Å². The predicted molar refractivity (Wildman–Crippen MR) is 142 cm³/mol. The monoisotopic (exact) mass is 548 g/mol. The van der Waals surface area contributed by atoms with Crippen LogP contribution in [0.1, 0.15) is 34.8 Å². The largest absolute Gasteiger partial charge is 0.474 e. The number of piperidine rings is 1. The fraction of sp³-hybridized carbons (Fsp3) is 0.321. The first-order valence-corrected chi connectivity index (χ1v) is 13.4. The maximum absolute atomic E-state index is 13.9. The first-order valence-electron chi connectivity index (χ1n) is 12.6. The van der Waals surface area contributed by atoms with Gasteiger partial charge in [0, 0.05) is 54.5 Å². The van der Waals surface area contributed by atoms with E-state index in [1.807, 2.05) is 25.7 Å². The van der Waals surface area contributed by atoms with E-state index >= 15 is 0 Å². The van der Waals surface area contributed by atoms with Crippen LogP contribution in [0.3, 0.4) is 0 Å². The Balaban J connectivity index is 1.17. The number of carbonyl (C=O) groups excluding carboxylic acids is 1. The Bertz CT molecular complexity index is 1560. The van der Waals surface area contributed by atoms with Gasteiger partial charge in [-0.1, -0.05) is 0 Å². The quantitative estimate of drug-likeness (QED) is 0.376. The Hall–Kier alpha value is -3.83. The average Bonchev–Trinajstić information content (AvgIpc) is 3.22. The van der Waals surface area contributed by atoms with Crippen LogP contribution in [-0.2, 0) is 5.54 Å². The number of ether oxygens (including phenoxy) is 1. The zero-order valence-electron chi connectivity index (χ0n) is 21.6. The highest BCUT2D eigenvalue weighted by molar-refractivity contribution is 7.17. The van der Waals surface area contributed by atoms with Crippen molar-refractivity contribution in [3.05, 3.63) is 76.6 Å². The number of aromatic nitrogens is 4. The van der Waals surface area contributed by atoms with Gasteiger partial charge in [-0.25, -0.2) is 28.7 Å². The Morgan fingerprint density at radius 3 is 2.46 bits per heavy atom. The molecule has 1 saturated heterocycles. The van der Waals surface area contributed by atoms with Crippen LogP contribution in [0.4, 0.5) is 8.78 Å². The Morgan fingerprint density at radius 1 is 1.08 bits per heavy atom. The minimum Gasteiger partial charge on any atom is -0.474 e. The third-order valence-electron chi connectivity index (χ3n) is 7.17. The number of carbonyl (C=O) groups is 1. The zero-order chi connectivity index (χ0) is 27.5. The maximum atomic E-state index is 13.9. The molecule has 2 unspecified atom stereocenters. The summed E-state index contributed by atoms with van der Waals surface area (Å²) in [5, 5.41) is 0.618. The number of thiazole rings is 1. The van der Waals surface area contributed by atoms with E-state index in [1.165, 1.54) is 17.4 Å². The van der Waals surface area contributed by atoms with Gasteiger partial charge in [-0.3, -0.25) is 4.79 Å². The Kier molecular flexibility index (Phi) is 6.15. The first-order chi connectivity index (χ1) is 18.6. The van der Waals surface area contributed by atoms with Crippen LogP contribution in [-0.4, -0.2) is 49.9 Å². The number of pyridine rings is 1. The van der Waals surface area contributed by atoms with Gasteiger partial charge in [-0.2, -0.15) is 0 Å². The summed E-state index contributed by atoms with van der Waals surface area (Å²) in [6.45, 7) is 6.67. The van der Waals surface area contributed by atoms with Gasteiger partial charge in [0.15, 0.2) is 22.5 Å². The molecule has 11 heteroatoms. The maximum Gasteiger partial charge on any atom is 0.265 e. The molecule has 2 N–H and O–H groups in total. The summed E-state index contributed by atoms with van der Waals surface area (Å²) in [6, 6.07) is 8.95. The minimum absolute atomic E-state index is 0.0521. The summed E-state index contributed by atoms with van der Waals surface area (Å²) >= 11 is 1.30. The van der Waals surface area contributed by atoms with Crippen molar-refractivity contribution < 1.29 is 18.3 Å². The molecule has 1 saturated carbocycles. The molecule has 1 aliphatic heterocycles. The first kappa shape index (κ1) is 25.4. The van der Waals surface area contributed by atoms with Crippen LogP contribution < -0.4 is 10.5 Å². The molecular weight excluding hydrogens is 522 g/mol. The lowest BCUT2D eigenvalue weighted by Crippen LogP contribution is -2.33. The summed E-state index contributed by atoms with van der Waals surface area (Å²) in [6.07, 6.45) is 3.20. The molecule has 39 heavy (non-hydrogen) atoms. The molecule has 4 aromatic rings.